The third kappa shape index (κ3) is 4.10. The molecule has 2 heteroatoms. The Morgan fingerprint density at radius 1 is 0.923 bits per heavy atom. The minimum Gasteiger partial charge on any atom is -0.315 e. The molecular weight excluding hydrogens is 160 g/mol. The Labute approximate surface area is 82.7 Å². The zero-order chi connectivity index (χ0) is 9.73. The van der Waals surface area contributed by atoms with Crippen LogP contribution in [0.1, 0.15) is 40.0 Å². The quantitative estimate of drug-likeness (QED) is 0.618. The van der Waals surface area contributed by atoms with Crippen LogP contribution in [0.5, 0.6) is 0 Å². The van der Waals surface area contributed by atoms with Gasteiger partial charge >= 0.3 is 0 Å². The van der Waals surface area contributed by atoms with Crippen LogP contribution in [0, 0.1) is 0 Å². The zero-order valence-electron chi connectivity index (χ0n) is 9.40. The van der Waals surface area contributed by atoms with Gasteiger partial charge in [-0.3, -0.25) is 4.90 Å². The van der Waals surface area contributed by atoms with Crippen LogP contribution in [-0.2, 0) is 0 Å². The van der Waals surface area contributed by atoms with Gasteiger partial charge in [0.15, 0.2) is 0 Å². The zero-order valence-corrected chi connectivity index (χ0v) is 9.40. The summed E-state index contributed by atoms with van der Waals surface area (Å²) in [6.45, 7) is 11.8. The van der Waals surface area contributed by atoms with Crippen molar-refractivity contribution in [2.75, 3.05) is 26.2 Å². The van der Waals surface area contributed by atoms with Gasteiger partial charge in [0.2, 0.25) is 0 Å². The molecular formula is C11H24N2. The van der Waals surface area contributed by atoms with Crippen LogP contribution in [0.25, 0.3) is 0 Å². The molecule has 0 unspecified atom stereocenters. The van der Waals surface area contributed by atoms with Crippen LogP contribution < -0.4 is 5.32 Å². The first-order chi connectivity index (χ1) is 6.11. The lowest BCUT2D eigenvalue weighted by Crippen LogP contribution is -2.44. The van der Waals surface area contributed by atoms with Gasteiger partial charge in [-0.25, -0.2) is 0 Å². The smallest absolute Gasteiger partial charge is 0.0125 e. The largest absolute Gasteiger partial charge is 0.315 e. The van der Waals surface area contributed by atoms with E-state index in [0.717, 1.165) is 6.54 Å². The summed E-state index contributed by atoms with van der Waals surface area (Å²) in [7, 11) is 0. The van der Waals surface area contributed by atoms with Crippen molar-refractivity contribution in [2.24, 2.45) is 0 Å². The SMILES string of the molecule is CC(C)(C)N1CCCCCNCC1. The molecule has 0 bridgehead atoms. The van der Waals surface area contributed by atoms with E-state index in [-0.39, 0.29) is 0 Å². The first-order valence-electron chi connectivity index (χ1n) is 5.56. The number of hydrogen-bond donors (Lipinski definition) is 1. The predicted molar refractivity (Wildman–Crippen MR) is 58.0 cm³/mol. The Bertz CT molecular complexity index is 128. The second-order valence-electron chi connectivity index (χ2n) is 4.97. The average Bonchev–Trinajstić information content (AvgIpc) is 2.14. The summed E-state index contributed by atoms with van der Waals surface area (Å²) in [5.74, 6) is 0. The molecule has 0 atom stereocenters. The van der Waals surface area contributed by atoms with Crippen LogP contribution in [0.2, 0.25) is 0 Å². The van der Waals surface area contributed by atoms with E-state index in [2.05, 4.69) is 31.0 Å². The maximum Gasteiger partial charge on any atom is 0.0125 e. The van der Waals surface area contributed by atoms with Crippen LogP contribution in [0.15, 0.2) is 0 Å². The molecule has 1 rings (SSSR count). The van der Waals surface area contributed by atoms with Gasteiger partial charge in [0.05, 0.1) is 0 Å². The molecule has 0 spiro atoms. The predicted octanol–water partition coefficient (Wildman–Crippen LogP) is 1.86. The van der Waals surface area contributed by atoms with E-state index >= 15 is 0 Å². The summed E-state index contributed by atoms with van der Waals surface area (Å²) in [5, 5.41) is 3.49. The summed E-state index contributed by atoms with van der Waals surface area (Å²) in [5.41, 5.74) is 0.339. The van der Waals surface area contributed by atoms with Gasteiger partial charge in [0.1, 0.15) is 0 Å². The van der Waals surface area contributed by atoms with E-state index in [1.807, 2.05) is 0 Å². The molecule has 0 aromatic rings. The highest BCUT2D eigenvalue weighted by Crippen LogP contribution is 2.14. The fourth-order valence-corrected chi connectivity index (χ4v) is 1.85. The molecule has 78 valence electrons. The molecule has 0 saturated carbocycles. The van der Waals surface area contributed by atoms with Crippen molar-refractivity contribution < 1.29 is 0 Å². The highest BCUT2D eigenvalue weighted by Gasteiger charge is 2.20. The average molecular weight is 184 g/mol. The number of rotatable bonds is 0. The van der Waals surface area contributed by atoms with Gasteiger partial charge in [-0.05, 0) is 46.7 Å². The van der Waals surface area contributed by atoms with E-state index in [9.17, 15) is 0 Å². The molecule has 2 nitrogen and oxygen atoms in total. The van der Waals surface area contributed by atoms with Crippen LogP contribution >= 0.6 is 0 Å². The third-order valence-electron chi connectivity index (χ3n) is 2.79. The summed E-state index contributed by atoms with van der Waals surface area (Å²) in [6.07, 6.45) is 4.08. The van der Waals surface area contributed by atoms with Crippen molar-refractivity contribution in [1.29, 1.82) is 0 Å². The molecule has 1 aliphatic heterocycles. The van der Waals surface area contributed by atoms with Crippen molar-refractivity contribution >= 4 is 0 Å². The second kappa shape index (κ2) is 4.97. The molecule has 0 aromatic heterocycles. The first-order valence-corrected chi connectivity index (χ1v) is 5.56. The first kappa shape index (κ1) is 11.0. The Morgan fingerprint density at radius 3 is 2.38 bits per heavy atom. The van der Waals surface area contributed by atoms with Crippen LogP contribution in [0.3, 0.4) is 0 Å². The van der Waals surface area contributed by atoms with Gasteiger partial charge in [-0.15, -0.1) is 0 Å². The Hall–Kier alpha value is -0.0800. The molecule has 0 radical (unpaired) electrons. The summed E-state index contributed by atoms with van der Waals surface area (Å²) >= 11 is 0. The van der Waals surface area contributed by atoms with E-state index < -0.39 is 0 Å². The second-order valence-corrected chi connectivity index (χ2v) is 4.97. The summed E-state index contributed by atoms with van der Waals surface area (Å²) in [6, 6.07) is 0. The van der Waals surface area contributed by atoms with Crippen molar-refractivity contribution in [3.63, 3.8) is 0 Å². The van der Waals surface area contributed by atoms with Crippen molar-refractivity contribution in [1.82, 2.24) is 10.2 Å². The fourth-order valence-electron chi connectivity index (χ4n) is 1.85. The lowest BCUT2D eigenvalue weighted by atomic mass is 10.1. The fraction of sp³-hybridized carbons (Fsp3) is 1.00. The van der Waals surface area contributed by atoms with Crippen LogP contribution in [0.4, 0.5) is 0 Å². The van der Waals surface area contributed by atoms with Crippen molar-refractivity contribution in [2.45, 2.75) is 45.6 Å². The molecule has 1 fully saturated rings. The summed E-state index contributed by atoms with van der Waals surface area (Å²) in [4.78, 5) is 2.59. The molecule has 1 N–H and O–H groups in total. The maximum absolute atomic E-state index is 3.49. The topological polar surface area (TPSA) is 15.3 Å². The summed E-state index contributed by atoms with van der Waals surface area (Å²) < 4.78 is 0. The van der Waals surface area contributed by atoms with Crippen molar-refractivity contribution in [3.05, 3.63) is 0 Å². The highest BCUT2D eigenvalue weighted by molar-refractivity contribution is 4.77. The van der Waals surface area contributed by atoms with E-state index in [1.54, 1.807) is 0 Å². The van der Waals surface area contributed by atoms with Gasteiger partial charge in [-0.1, -0.05) is 6.42 Å². The maximum atomic E-state index is 3.49. The van der Waals surface area contributed by atoms with Crippen LogP contribution in [-0.4, -0.2) is 36.6 Å². The molecule has 0 amide bonds. The van der Waals surface area contributed by atoms with Gasteiger partial charge in [-0.2, -0.15) is 0 Å². The molecule has 0 aromatic carbocycles. The minimum absolute atomic E-state index is 0.339. The monoisotopic (exact) mass is 184 g/mol. The van der Waals surface area contributed by atoms with Crippen molar-refractivity contribution in [3.8, 4) is 0 Å². The minimum atomic E-state index is 0.339. The molecule has 1 saturated heterocycles. The number of hydrogen-bond acceptors (Lipinski definition) is 2. The van der Waals surface area contributed by atoms with E-state index in [4.69, 9.17) is 0 Å². The Kier molecular flexibility index (Phi) is 4.20. The van der Waals surface area contributed by atoms with E-state index in [1.165, 1.54) is 38.9 Å². The molecule has 1 aliphatic rings. The van der Waals surface area contributed by atoms with Gasteiger partial charge in [0, 0.05) is 18.6 Å². The van der Waals surface area contributed by atoms with E-state index in [0.29, 0.717) is 5.54 Å². The lowest BCUT2D eigenvalue weighted by molar-refractivity contribution is 0.138. The Balaban J connectivity index is 2.41. The number of nitrogens with zero attached hydrogens (tertiary/aromatic N) is 1. The van der Waals surface area contributed by atoms with Gasteiger partial charge in [0.25, 0.3) is 0 Å². The molecule has 1 heterocycles. The molecule has 0 aliphatic carbocycles. The third-order valence-corrected chi connectivity index (χ3v) is 2.79. The Morgan fingerprint density at radius 2 is 1.69 bits per heavy atom. The lowest BCUT2D eigenvalue weighted by Gasteiger charge is -2.35. The van der Waals surface area contributed by atoms with Gasteiger partial charge < -0.3 is 5.32 Å². The number of nitrogens with one attached hydrogen (secondary N) is 1. The normalized spacial score (nSPS) is 23.3. The standard InChI is InChI=1S/C11H24N2/c1-11(2,3)13-9-6-4-5-7-12-8-10-13/h12H,4-10H2,1-3H3. The highest BCUT2D eigenvalue weighted by atomic mass is 15.2. The molecule has 13 heavy (non-hydrogen) atoms.